The van der Waals surface area contributed by atoms with Gasteiger partial charge in [-0.1, -0.05) is 12.1 Å². The maximum atomic E-state index is 9.98. The summed E-state index contributed by atoms with van der Waals surface area (Å²) in [5.74, 6) is -0.409. The molecule has 0 amide bonds. The lowest BCUT2D eigenvalue weighted by molar-refractivity contribution is 0.316. The molecule has 1 N–H and O–H groups in total. The van der Waals surface area contributed by atoms with Gasteiger partial charge >= 0.3 is 0 Å². The Balaban J connectivity index is 2.25. The molecule has 1 fully saturated rings. The Morgan fingerprint density at radius 2 is 1.81 bits per heavy atom. The fourth-order valence-corrected chi connectivity index (χ4v) is 4.43. The lowest BCUT2D eigenvalue weighted by Gasteiger charge is -2.45. The summed E-state index contributed by atoms with van der Waals surface area (Å²) in [5.41, 5.74) is -0.192. The van der Waals surface area contributed by atoms with Crippen LogP contribution in [0, 0.1) is 56.7 Å². The van der Waals surface area contributed by atoms with E-state index in [-0.39, 0.29) is 11.6 Å². The highest BCUT2D eigenvalue weighted by Gasteiger charge is 2.57. The van der Waals surface area contributed by atoms with E-state index in [2.05, 4.69) is 18.2 Å². The van der Waals surface area contributed by atoms with Gasteiger partial charge in [0.25, 0.3) is 0 Å². The molecular formula is C21H20N4O2. The number of nitriles is 3. The smallest absolute Gasteiger partial charge is 0.189 e. The quantitative estimate of drug-likeness (QED) is 0.825. The zero-order chi connectivity index (χ0) is 19.6. The highest BCUT2D eigenvalue weighted by Crippen LogP contribution is 2.55. The molecule has 0 unspecified atom stereocenters. The van der Waals surface area contributed by atoms with Crippen molar-refractivity contribution < 1.29 is 9.47 Å². The second kappa shape index (κ2) is 7.14. The Hall–Kier alpha value is -3.30. The summed E-state index contributed by atoms with van der Waals surface area (Å²) < 4.78 is 10.7. The fraction of sp³-hybridized carbons (Fsp3) is 0.429. The summed E-state index contributed by atoms with van der Waals surface area (Å²) in [5, 5.41) is 38.2. The third-order valence-electron chi connectivity index (χ3n) is 5.69. The van der Waals surface area contributed by atoms with Crippen molar-refractivity contribution in [1.82, 2.24) is 0 Å². The molecule has 0 heterocycles. The first kappa shape index (κ1) is 18.5. The van der Waals surface area contributed by atoms with Crippen LogP contribution >= 0.6 is 0 Å². The van der Waals surface area contributed by atoms with Crippen LogP contribution in [0.1, 0.15) is 30.7 Å². The van der Waals surface area contributed by atoms with E-state index in [1.54, 1.807) is 19.2 Å². The zero-order valence-corrected chi connectivity index (χ0v) is 15.3. The molecule has 0 spiro atoms. The van der Waals surface area contributed by atoms with Gasteiger partial charge in [0.05, 0.1) is 38.1 Å². The number of benzene rings is 1. The molecule has 2 aliphatic rings. The van der Waals surface area contributed by atoms with Gasteiger partial charge in [-0.3, -0.25) is 0 Å². The van der Waals surface area contributed by atoms with Gasteiger partial charge in [0.1, 0.15) is 5.92 Å². The van der Waals surface area contributed by atoms with E-state index in [9.17, 15) is 15.8 Å². The molecule has 3 atom stereocenters. The lowest BCUT2D eigenvalue weighted by atomic mass is 9.53. The van der Waals surface area contributed by atoms with Gasteiger partial charge in [0, 0.05) is 5.92 Å². The van der Waals surface area contributed by atoms with Gasteiger partial charge in [-0.05, 0) is 48.4 Å². The number of methoxy groups -OCH3 is 2. The molecule has 6 heteroatoms. The first-order valence-electron chi connectivity index (χ1n) is 8.80. The average Bonchev–Trinajstić information content (AvgIpc) is 2.72. The van der Waals surface area contributed by atoms with Crippen LogP contribution in [0.15, 0.2) is 29.8 Å². The number of fused-ring (bicyclic) bond motifs is 1. The SMILES string of the molecule is COc1ccc([C@@H]2[C@H]3CCCC=C3[C@H](C#N)C(=N)C2(C#N)C#N)cc1OC. The summed E-state index contributed by atoms with van der Waals surface area (Å²) in [4.78, 5) is 0. The van der Waals surface area contributed by atoms with Crippen LogP contribution in [0.4, 0.5) is 0 Å². The Labute approximate surface area is 158 Å². The third-order valence-corrected chi connectivity index (χ3v) is 5.69. The summed E-state index contributed by atoms with van der Waals surface area (Å²) >= 11 is 0. The largest absolute Gasteiger partial charge is 0.493 e. The van der Waals surface area contributed by atoms with Crippen molar-refractivity contribution in [2.24, 2.45) is 17.3 Å². The number of rotatable bonds is 3. The van der Waals surface area contributed by atoms with Crippen molar-refractivity contribution in [3.63, 3.8) is 0 Å². The van der Waals surface area contributed by atoms with Crippen LogP contribution in [0.3, 0.4) is 0 Å². The van der Waals surface area contributed by atoms with Gasteiger partial charge in [-0.2, -0.15) is 15.8 Å². The first-order valence-corrected chi connectivity index (χ1v) is 8.80. The van der Waals surface area contributed by atoms with E-state index in [4.69, 9.17) is 14.9 Å². The number of nitrogens with one attached hydrogen (secondary N) is 1. The van der Waals surface area contributed by atoms with E-state index in [0.29, 0.717) is 11.5 Å². The van der Waals surface area contributed by atoms with Crippen LogP contribution in [0.5, 0.6) is 11.5 Å². The number of hydrogen-bond donors (Lipinski definition) is 1. The van der Waals surface area contributed by atoms with Crippen molar-refractivity contribution in [1.29, 1.82) is 21.2 Å². The molecule has 1 aromatic carbocycles. The molecule has 27 heavy (non-hydrogen) atoms. The topological polar surface area (TPSA) is 114 Å². The standard InChI is InChI=1S/C21H20N4O2/c1-26-17-8-7-13(9-18(17)27-2)19-15-6-4-3-5-14(15)16(10-22)20(25)21(19,11-23)12-24/h5,7-9,15-16,19,25H,3-4,6H2,1-2H3/t15-,16-,19+/m0/s1. The highest BCUT2D eigenvalue weighted by atomic mass is 16.5. The van der Waals surface area contributed by atoms with E-state index in [1.807, 2.05) is 12.1 Å². The Bertz CT molecular complexity index is 915. The number of allylic oxidation sites excluding steroid dienone is 2. The predicted octanol–water partition coefficient (Wildman–Crippen LogP) is 3.72. The highest BCUT2D eigenvalue weighted by molar-refractivity contribution is 6.00. The first-order chi connectivity index (χ1) is 13.1. The van der Waals surface area contributed by atoms with Gasteiger partial charge < -0.3 is 14.9 Å². The maximum Gasteiger partial charge on any atom is 0.189 e. The number of hydrogen-bond acceptors (Lipinski definition) is 6. The molecular weight excluding hydrogens is 340 g/mol. The van der Waals surface area contributed by atoms with Crippen molar-refractivity contribution in [3.8, 4) is 29.7 Å². The molecule has 6 nitrogen and oxygen atoms in total. The normalized spacial score (nSPS) is 25.8. The van der Waals surface area contributed by atoms with Crippen molar-refractivity contribution in [3.05, 3.63) is 35.4 Å². The van der Waals surface area contributed by atoms with E-state index >= 15 is 0 Å². The summed E-state index contributed by atoms with van der Waals surface area (Å²) in [6.07, 6.45) is 4.57. The van der Waals surface area contributed by atoms with Crippen molar-refractivity contribution in [2.45, 2.75) is 25.2 Å². The fourth-order valence-electron chi connectivity index (χ4n) is 4.43. The molecule has 0 aromatic heterocycles. The Kier molecular flexibility index (Phi) is 4.89. The van der Waals surface area contributed by atoms with Crippen LogP contribution in [-0.2, 0) is 0 Å². The third kappa shape index (κ3) is 2.64. The molecule has 0 saturated heterocycles. The minimum Gasteiger partial charge on any atom is -0.493 e. The minimum absolute atomic E-state index is 0.126. The number of nitrogens with zero attached hydrogens (tertiary/aromatic N) is 3. The second-order valence-electron chi connectivity index (χ2n) is 6.84. The average molecular weight is 360 g/mol. The number of ether oxygens (including phenoxy) is 2. The Morgan fingerprint density at radius 3 is 2.41 bits per heavy atom. The van der Waals surface area contributed by atoms with Crippen LogP contribution < -0.4 is 9.47 Å². The molecule has 1 saturated carbocycles. The molecule has 0 aliphatic heterocycles. The van der Waals surface area contributed by atoms with Gasteiger partial charge in [0.2, 0.25) is 0 Å². The summed E-state index contributed by atoms with van der Waals surface area (Å²) in [7, 11) is 3.08. The molecule has 1 aromatic rings. The monoisotopic (exact) mass is 360 g/mol. The minimum atomic E-state index is -1.68. The predicted molar refractivity (Wildman–Crippen MR) is 98.2 cm³/mol. The molecule has 0 bridgehead atoms. The zero-order valence-electron chi connectivity index (χ0n) is 15.3. The van der Waals surface area contributed by atoms with Gasteiger partial charge in [-0.25, -0.2) is 0 Å². The summed E-state index contributed by atoms with van der Waals surface area (Å²) in [6, 6.07) is 11.7. The van der Waals surface area contributed by atoms with Crippen LogP contribution in [-0.4, -0.2) is 19.9 Å². The maximum absolute atomic E-state index is 9.98. The summed E-state index contributed by atoms with van der Waals surface area (Å²) in [6.45, 7) is 0. The second-order valence-corrected chi connectivity index (χ2v) is 6.84. The van der Waals surface area contributed by atoms with Crippen LogP contribution in [0.2, 0.25) is 0 Å². The van der Waals surface area contributed by atoms with E-state index in [1.165, 1.54) is 7.11 Å². The van der Waals surface area contributed by atoms with Crippen LogP contribution in [0.25, 0.3) is 0 Å². The molecule has 3 rings (SSSR count). The van der Waals surface area contributed by atoms with Crippen molar-refractivity contribution in [2.75, 3.05) is 14.2 Å². The Morgan fingerprint density at radius 1 is 1.11 bits per heavy atom. The van der Waals surface area contributed by atoms with Gasteiger partial charge in [-0.15, -0.1) is 0 Å². The molecule has 2 aliphatic carbocycles. The lowest BCUT2D eigenvalue weighted by Crippen LogP contribution is -2.48. The molecule has 136 valence electrons. The van der Waals surface area contributed by atoms with E-state index < -0.39 is 17.3 Å². The van der Waals surface area contributed by atoms with Gasteiger partial charge in [0.15, 0.2) is 16.9 Å². The van der Waals surface area contributed by atoms with E-state index in [0.717, 1.165) is 30.4 Å². The molecule has 0 radical (unpaired) electrons. The van der Waals surface area contributed by atoms with Crippen molar-refractivity contribution >= 4 is 5.71 Å².